The monoisotopic (exact) mass is 559 g/mol. The van der Waals surface area contributed by atoms with Gasteiger partial charge in [-0.3, -0.25) is 39.4 Å². The predicted molar refractivity (Wildman–Crippen MR) is 144 cm³/mol. The van der Waals surface area contributed by atoms with Crippen LogP contribution in [0.1, 0.15) is 90.4 Å². The van der Waals surface area contributed by atoms with Crippen molar-refractivity contribution in [1.29, 1.82) is 0 Å². The summed E-state index contributed by atoms with van der Waals surface area (Å²) in [4.78, 5) is 58.5. The molecule has 0 aliphatic heterocycles. The zero-order valence-electron chi connectivity index (χ0n) is 23.4. The van der Waals surface area contributed by atoms with Crippen molar-refractivity contribution < 1.29 is 34.4 Å². The van der Waals surface area contributed by atoms with E-state index < -0.39 is 11.8 Å². The number of amides is 5. The molecule has 0 aromatic heterocycles. The highest BCUT2D eigenvalue weighted by molar-refractivity contribution is 5.83. The molecule has 0 rings (SSSR count). The molecule has 0 atom stereocenters. The van der Waals surface area contributed by atoms with Gasteiger partial charge in [0, 0.05) is 65.3 Å². The van der Waals surface area contributed by atoms with Crippen LogP contribution in [0.5, 0.6) is 0 Å². The van der Waals surface area contributed by atoms with Gasteiger partial charge >= 0.3 is 0 Å². The van der Waals surface area contributed by atoms with Crippen LogP contribution < -0.4 is 22.2 Å². The number of carbonyl (C=O) groups excluding carboxylic acids is 5. The van der Waals surface area contributed by atoms with E-state index in [4.69, 9.17) is 11.6 Å². The van der Waals surface area contributed by atoms with Crippen LogP contribution in [0.15, 0.2) is 0 Å². The van der Waals surface area contributed by atoms with E-state index in [2.05, 4.69) is 10.6 Å². The average Bonchev–Trinajstić information content (AvgIpc) is 2.91. The molecule has 0 unspecified atom stereocenters. The maximum absolute atomic E-state index is 12.0. The molecule has 0 aliphatic rings. The van der Waals surface area contributed by atoms with Crippen molar-refractivity contribution in [3.63, 3.8) is 0 Å². The minimum absolute atomic E-state index is 0.0145. The lowest BCUT2D eigenvalue weighted by molar-refractivity contribution is -0.166. The molecule has 14 heteroatoms. The van der Waals surface area contributed by atoms with Gasteiger partial charge < -0.3 is 16.4 Å². The topological polar surface area (TPSA) is 212 Å². The highest BCUT2D eigenvalue weighted by Gasteiger charge is 2.14. The summed E-state index contributed by atoms with van der Waals surface area (Å²) < 4.78 is 0. The molecule has 0 radical (unpaired) electrons. The number of unbranched alkanes of at least 4 members (excludes halogenated alkanes) is 6. The van der Waals surface area contributed by atoms with Crippen LogP contribution in [-0.2, 0) is 24.0 Å². The third kappa shape index (κ3) is 20.8. The molecule has 0 aromatic rings. The molecule has 5 amide bonds. The Balaban J connectivity index is 3.75. The van der Waals surface area contributed by atoms with E-state index in [9.17, 15) is 34.4 Å². The van der Waals surface area contributed by atoms with Crippen molar-refractivity contribution in [2.24, 2.45) is 11.6 Å². The number of hydroxylamine groups is 4. The summed E-state index contributed by atoms with van der Waals surface area (Å²) in [5.74, 6) is 3.72. The Morgan fingerprint density at radius 1 is 0.615 bits per heavy atom. The first-order chi connectivity index (χ1) is 18.6. The van der Waals surface area contributed by atoms with Crippen LogP contribution in [0, 0.1) is 0 Å². The Labute approximate surface area is 231 Å². The zero-order valence-corrected chi connectivity index (χ0v) is 23.4. The molecule has 0 heterocycles. The van der Waals surface area contributed by atoms with Gasteiger partial charge in [-0.1, -0.05) is 6.42 Å². The van der Waals surface area contributed by atoms with E-state index in [1.807, 2.05) is 0 Å². The summed E-state index contributed by atoms with van der Waals surface area (Å²) >= 11 is 0. The number of hydrogen-bond acceptors (Lipinski definition) is 9. The third-order valence-corrected chi connectivity index (χ3v) is 5.95. The van der Waals surface area contributed by atoms with Gasteiger partial charge in [-0.05, 0) is 57.9 Å². The van der Waals surface area contributed by atoms with Crippen molar-refractivity contribution in [3.05, 3.63) is 0 Å². The highest BCUT2D eigenvalue weighted by atomic mass is 16.5. The van der Waals surface area contributed by atoms with Crippen LogP contribution in [0.4, 0.5) is 0 Å². The number of hydrogen-bond donors (Lipinski definition) is 6. The molecule has 0 saturated heterocycles. The maximum Gasteiger partial charge on any atom is 0.246 e. The van der Waals surface area contributed by atoms with Gasteiger partial charge in [-0.2, -0.15) is 0 Å². The molecule has 39 heavy (non-hydrogen) atoms. The van der Waals surface area contributed by atoms with Crippen molar-refractivity contribution in [2.45, 2.75) is 90.4 Å². The number of hydrazine groups is 1. The maximum atomic E-state index is 12.0. The van der Waals surface area contributed by atoms with E-state index in [1.54, 1.807) is 0 Å². The smallest absolute Gasteiger partial charge is 0.246 e. The van der Waals surface area contributed by atoms with E-state index in [0.29, 0.717) is 62.0 Å². The fourth-order valence-electron chi connectivity index (χ4n) is 3.47. The van der Waals surface area contributed by atoms with Gasteiger partial charge in [0.25, 0.3) is 0 Å². The second-order valence-corrected chi connectivity index (χ2v) is 9.42. The standard InChI is InChI=1S/C25H49N7O7/c1-21(33)30(27)18-8-3-6-16-28-22(34)12-14-25(37)32(39)20-10-4-7-17-29-23(35)11-13-24(36)31(38)19-9-2-5-15-26/h38-39H,2-20,26-27H2,1H3,(H,28,34)(H,29,35). The number of rotatable bonds is 23. The molecular formula is C25H49N7O7. The van der Waals surface area contributed by atoms with Gasteiger partial charge in [-0.15, -0.1) is 0 Å². The fourth-order valence-corrected chi connectivity index (χ4v) is 3.47. The summed E-state index contributed by atoms with van der Waals surface area (Å²) in [7, 11) is 0. The van der Waals surface area contributed by atoms with E-state index in [1.165, 1.54) is 6.92 Å². The minimum atomic E-state index is -0.535. The fraction of sp³-hybridized carbons (Fsp3) is 0.800. The lowest BCUT2D eigenvalue weighted by Crippen LogP contribution is -2.36. The second kappa shape index (κ2) is 23.1. The van der Waals surface area contributed by atoms with Crippen molar-refractivity contribution >= 4 is 29.5 Å². The Bertz CT molecular complexity index is 740. The molecule has 0 aliphatic carbocycles. The Hall–Kier alpha value is -2.81. The Kier molecular flexibility index (Phi) is 21.4. The van der Waals surface area contributed by atoms with Crippen LogP contribution in [0.3, 0.4) is 0 Å². The SMILES string of the molecule is CC(=O)N(N)CCCCCNC(=O)CCC(=O)N(O)CCCCCNC(=O)CCC(=O)N(O)CCCCCN. The minimum Gasteiger partial charge on any atom is -0.356 e. The van der Waals surface area contributed by atoms with Crippen LogP contribution in [-0.4, -0.2) is 94.4 Å². The summed E-state index contributed by atoms with van der Waals surface area (Å²) in [6.45, 7) is 3.63. The van der Waals surface area contributed by atoms with Gasteiger partial charge in [0.2, 0.25) is 29.5 Å². The van der Waals surface area contributed by atoms with Crippen LogP contribution in [0.2, 0.25) is 0 Å². The Morgan fingerprint density at radius 3 is 1.44 bits per heavy atom. The molecule has 226 valence electrons. The summed E-state index contributed by atoms with van der Waals surface area (Å²) in [6.07, 6.45) is 6.17. The first-order valence-corrected chi connectivity index (χ1v) is 13.8. The molecule has 0 fully saturated rings. The zero-order chi connectivity index (χ0) is 29.5. The summed E-state index contributed by atoms with van der Waals surface area (Å²) in [6, 6.07) is 0. The number of nitrogens with one attached hydrogen (secondary N) is 2. The first kappa shape index (κ1) is 36.2. The number of nitrogens with zero attached hydrogens (tertiary/aromatic N) is 3. The molecular weight excluding hydrogens is 510 g/mol. The molecule has 0 bridgehead atoms. The highest BCUT2D eigenvalue weighted by Crippen LogP contribution is 2.03. The van der Waals surface area contributed by atoms with Gasteiger partial charge in [-0.25, -0.2) is 16.0 Å². The normalized spacial score (nSPS) is 10.6. The van der Waals surface area contributed by atoms with Crippen molar-refractivity contribution in [1.82, 2.24) is 25.8 Å². The van der Waals surface area contributed by atoms with E-state index >= 15 is 0 Å². The lowest BCUT2D eigenvalue weighted by atomic mass is 10.2. The molecule has 0 spiro atoms. The average molecular weight is 560 g/mol. The van der Waals surface area contributed by atoms with Gasteiger partial charge in [0.05, 0.1) is 0 Å². The van der Waals surface area contributed by atoms with Crippen molar-refractivity contribution in [2.75, 3.05) is 39.3 Å². The Morgan fingerprint density at radius 2 is 1.03 bits per heavy atom. The first-order valence-electron chi connectivity index (χ1n) is 13.8. The lowest BCUT2D eigenvalue weighted by Gasteiger charge is -2.15. The van der Waals surface area contributed by atoms with Crippen LogP contribution >= 0.6 is 0 Å². The molecule has 14 nitrogen and oxygen atoms in total. The van der Waals surface area contributed by atoms with Gasteiger partial charge in [0.1, 0.15) is 0 Å². The summed E-state index contributed by atoms with van der Waals surface area (Å²) in [5.41, 5.74) is 5.40. The second-order valence-electron chi connectivity index (χ2n) is 9.42. The third-order valence-electron chi connectivity index (χ3n) is 5.95. The quantitative estimate of drug-likeness (QED) is 0.0336. The van der Waals surface area contributed by atoms with Crippen molar-refractivity contribution in [3.8, 4) is 0 Å². The molecule has 0 aromatic carbocycles. The van der Waals surface area contributed by atoms with Gasteiger partial charge in [0.15, 0.2) is 0 Å². The van der Waals surface area contributed by atoms with E-state index in [0.717, 1.165) is 37.1 Å². The number of nitrogens with two attached hydrogens (primary N) is 2. The number of carbonyl (C=O) groups is 5. The van der Waals surface area contributed by atoms with Crippen LogP contribution in [0.25, 0.3) is 0 Å². The van der Waals surface area contributed by atoms with E-state index in [-0.39, 0.29) is 56.5 Å². The molecule has 0 saturated carbocycles. The summed E-state index contributed by atoms with van der Waals surface area (Å²) in [5, 5.41) is 27.4. The largest absolute Gasteiger partial charge is 0.356 e. The molecule has 8 N–H and O–H groups in total. The predicted octanol–water partition coefficient (Wildman–Crippen LogP) is 0.407.